The summed E-state index contributed by atoms with van der Waals surface area (Å²) in [4.78, 5) is 11.0. The molecule has 0 N–H and O–H groups in total. The van der Waals surface area contributed by atoms with Crippen molar-refractivity contribution in [2.24, 2.45) is 0 Å². The first kappa shape index (κ1) is 10.7. The summed E-state index contributed by atoms with van der Waals surface area (Å²) >= 11 is 0. The van der Waals surface area contributed by atoms with Gasteiger partial charge in [-0.25, -0.2) is 13.2 Å². The van der Waals surface area contributed by atoms with E-state index in [1.807, 2.05) is 0 Å². The van der Waals surface area contributed by atoms with Gasteiger partial charge in [-0.05, 0) is 13.0 Å². The number of aromatic nitrogens is 2. The zero-order valence-electron chi connectivity index (χ0n) is 8.01. The number of carbonyl (C=O) groups excluding carboxylic acids is 1. The fourth-order valence-electron chi connectivity index (χ4n) is 0.999. The molecule has 0 unspecified atom stereocenters. The van der Waals surface area contributed by atoms with E-state index in [-0.39, 0.29) is 5.69 Å². The zero-order chi connectivity index (χ0) is 10.9. The summed E-state index contributed by atoms with van der Waals surface area (Å²) in [5.41, 5.74) is 0.350. The van der Waals surface area contributed by atoms with Crippen molar-refractivity contribution < 1.29 is 17.9 Å². The van der Waals surface area contributed by atoms with Gasteiger partial charge in [0.2, 0.25) is 0 Å². The van der Waals surface area contributed by atoms with Crippen molar-refractivity contribution in [1.82, 2.24) is 9.19 Å². The molecule has 78 valence electrons. The second-order valence-electron chi connectivity index (χ2n) is 2.77. The predicted molar refractivity (Wildman–Crippen MR) is 48.5 cm³/mol. The number of methoxy groups -OCH3 is 1. The lowest BCUT2D eigenvalue weighted by molar-refractivity contribution is 0.0594. The number of carbonyl (C=O) groups is 1. The van der Waals surface area contributed by atoms with Crippen LogP contribution in [0.25, 0.3) is 0 Å². The lowest BCUT2D eigenvalue weighted by Crippen LogP contribution is -2.14. The zero-order valence-corrected chi connectivity index (χ0v) is 8.83. The van der Waals surface area contributed by atoms with E-state index in [9.17, 15) is 13.2 Å². The molecule has 0 saturated heterocycles. The molecule has 0 aliphatic rings. The molecule has 0 spiro atoms. The summed E-state index contributed by atoms with van der Waals surface area (Å²) in [7, 11) is -2.25. The summed E-state index contributed by atoms with van der Waals surface area (Å²) in [6, 6.07) is 1.35. The molecule has 0 bridgehead atoms. The van der Waals surface area contributed by atoms with Gasteiger partial charge in [0.25, 0.3) is 10.0 Å². The van der Waals surface area contributed by atoms with Crippen LogP contribution in [0.2, 0.25) is 0 Å². The standard InChI is InChI=1S/C7H10N2O4S/c1-5-4-6(7(10)13-2)8-9(5)14(3,11)12/h4H,1-3H3. The molecule has 7 heteroatoms. The summed E-state index contributed by atoms with van der Waals surface area (Å²) in [6.07, 6.45) is 1.01. The molecule has 0 radical (unpaired) electrons. The van der Waals surface area contributed by atoms with Crippen molar-refractivity contribution in [2.75, 3.05) is 13.4 Å². The molecule has 0 aliphatic heterocycles. The Morgan fingerprint density at radius 2 is 2.14 bits per heavy atom. The van der Waals surface area contributed by atoms with Crippen LogP contribution in [0.5, 0.6) is 0 Å². The lowest BCUT2D eigenvalue weighted by atomic mass is 10.4. The van der Waals surface area contributed by atoms with Crippen LogP contribution in [0.3, 0.4) is 0 Å². The Balaban J connectivity index is 3.25. The first-order valence-corrected chi connectivity index (χ1v) is 5.56. The number of hydrogen-bond acceptors (Lipinski definition) is 5. The number of rotatable bonds is 2. The summed E-state index contributed by atoms with van der Waals surface area (Å²) in [5.74, 6) is -0.657. The monoisotopic (exact) mass is 218 g/mol. The molecule has 0 atom stereocenters. The number of aryl methyl sites for hydroxylation is 1. The number of hydrogen-bond donors (Lipinski definition) is 0. The molecular weight excluding hydrogens is 208 g/mol. The number of esters is 1. The average Bonchev–Trinajstić information content (AvgIpc) is 2.45. The van der Waals surface area contributed by atoms with Crippen molar-refractivity contribution >= 4 is 16.0 Å². The van der Waals surface area contributed by atoms with Gasteiger partial charge in [-0.2, -0.15) is 9.19 Å². The topological polar surface area (TPSA) is 78.3 Å². The minimum absolute atomic E-state index is 0.0181. The Bertz CT molecular complexity index is 460. The van der Waals surface area contributed by atoms with Gasteiger partial charge >= 0.3 is 5.97 Å². The van der Waals surface area contributed by atoms with Crippen molar-refractivity contribution in [3.63, 3.8) is 0 Å². The molecule has 0 aliphatic carbocycles. The second kappa shape index (κ2) is 3.41. The van der Waals surface area contributed by atoms with Crippen LogP contribution in [-0.2, 0) is 14.8 Å². The van der Waals surface area contributed by atoms with E-state index in [0.717, 1.165) is 10.3 Å². The van der Waals surface area contributed by atoms with Gasteiger partial charge in [0.15, 0.2) is 5.69 Å². The normalized spacial score (nSPS) is 11.4. The van der Waals surface area contributed by atoms with E-state index in [0.29, 0.717) is 5.69 Å². The molecule has 0 saturated carbocycles. The Labute approximate surface area is 81.5 Å². The Morgan fingerprint density at radius 1 is 1.57 bits per heavy atom. The smallest absolute Gasteiger partial charge is 0.358 e. The van der Waals surface area contributed by atoms with Crippen molar-refractivity contribution in [1.29, 1.82) is 0 Å². The largest absolute Gasteiger partial charge is 0.464 e. The second-order valence-corrected chi connectivity index (χ2v) is 4.58. The highest BCUT2D eigenvalue weighted by molar-refractivity contribution is 7.89. The molecule has 6 nitrogen and oxygen atoms in total. The molecule has 14 heavy (non-hydrogen) atoms. The van der Waals surface area contributed by atoms with Gasteiger partial charge in [0.05, 0.1) is 19.1 Å². The average molecular weight is 218 g/mol. The van der Waals surface area contributed by atoms with Gasteiger partial charge < -0.3 is 4.74 Å². The van der Waals surface area contributed by atoms with E-state index >= 15 is 0 Å². The third-order valence-corrected chi connectivity index (χ3v) is 2.55. The lowest BCUT2D eigenvalue weighted by Gasteiger charge is -1.98. The summed E-state index contributed by atoms with van der Waals surface area (Å²) in [5, 5.41) is 3.61. The van der Waals surface area contributed by atoms with Crippen molar-refractivity contribution in [2.45, 2.75) is 6.92 Å². The van der Waals surface area contributed by atoms with Crippen LogP contribution >= 0.6 is 0 Å². The molecule has 0 fully saturated rings. The maximum Gasteiger partial charge on any atom is 0.358 e. The molecule has 1 rings (SSSR count). The van der Waals surface area contributed by atoms with Crippen LogP contribution in [0, 0.1) is 6.92 Å². The van der Waals surface area contributed by atoms with E-state index < -0.39 is 16.0 Å². The Morgan fingerprint density at radius 3 is 2.50 bits per heavy atom. The maximum atomic E-state index is 11.1. The summed E-state index contributed by atoms with van der Waals surface area (Å²) in [6.45, 7) is 1.54. The quantitative estimate of drug-likeness (QED) is 0.641. The Kier molecular flexibility index (Phi) is 2.61. The molecule has 0 amide bonds. The molecular formula is C7H10N2O4S. The van der Waals surface area contributed by atoms with Crippen LogP contribution in [0.15, 0.2) is 6.07 Å². The first-order valence-electron chi connectivity index (χ1n) is 3.72. The third kappa shape index (κ3) is 1.92. The Hall–Kier alpha value is -1.37. The summed E-state index contributed by atoms with van der Waals surface area (Å²) < 4.78 is 27.5. The molecule has 1 heterocycles. The minimum Gasteiger partial charge on any atom is -0.464 e. The number of nitrogens with zero attached hydrogens (tertiary/aromatic N) is 2. The third-order valence-electron chi connectivity index (χ3n) is 1.55. The van der Waals surface area contributed by atoms with E-state index in [4.69, 9.17) is 0 Å². The molecule has 1 aromatic rings. The fraction of sp³-hybridized carbons (Fsp3) is 0.429. The van der Waals surface area contributed by atoms with Crippen LogP contribution in [0.1, 0.15) is 16.2 Å². The van der Waals surface area contributed by atoms with Crippen molar-refractivity contribution in [3.8, 4) is 0 Å². The van der Waals surface area contributed by atoms with Gasteiger partial charge in [-0.15, -0.1) is 0 Å². The van der Waals surface area contributed by atoms with Gasteiger partial charge in [-0.3, -0.25) is 0 Å². The SMILES string of the molecule is COC(=O)c1cc(C)n(S(C)(=O)=O)n1. The van der Waals surface area contributed by atoms with Crippen LogP contribution < -0.4 is 0 Å². The van der Waals surface area contributed by atoms with Gasteiger partial charge in [0, 0.05) is 0 Å². The van der Waals surface area contributed by atoms with Gasteiger partial charge in [-0.1, -0.05) is 0 Å². The highest BCUT2D eigenvalue weighted by atomic mass is 32.2. The van der Waals surface area contributed by atoms with Gasteiger partial charge in [0.1, 0.15) is 0 Å². The molecule has 0 aromatic carbocycles. The van der Waals surface area contributed by atoms with Crippen molar-refractivity contribution in [3.05, 3.63) is 17.5 Å². The maximum absolute atomic E-state index is 11.1. The highest BCUT2D eigenvalue weighted by Crippen LogP contribution is 2.06. The first-order chi connectivity index (χ1) is 6.36. The fourth-order valence-corrected chi connectivity index (χ4v) is 1.81. The van der Waals surface area contributed by atoms with Crippen LogP contribution in [-0.4, -0.2) is 36.9 Å². The molecule has 1 aromatic heterocycles. The van der Waals surface area contributed by atoms with E-state index in [1.54, 1.807) is 6.92 Å². The van der Waals surface area contributed by atoms with E-state index in [1.165, 1.54) is 13.2 Å². The van der Waals surface area contributed by atoms with E-state index in [2.05, 4.69) is 9.84 Å². The predicted octanol–water partition coefficient (Wildman–Crippen LogP) is -0.214. The van der Waals surface area contributed by atoms with Crippen LogP contribution in [0.4, 0.5) is 0 Å². The highest BCUT2D eigenvalue weighted by Gasteiger charge is 2.16. The number of ether oxygens (including phenoxy) is 1. The minimum atomic E-state index is -3.46.